The molecule has 3 aromatic rings. The Morgan fingerprint density at radius 1 is 0.972 bits per heavy atom. The molecule has 4 rings (SSSR count). The molecule has 3 aromatic carbocycles. The third kappa shape index (κ3) is 6.18. The highest BCUT2D eigenvalue weighted by molar-refractivity contribution is 7.92. The first-order chi connectivity index (χ1) is 17.4. The van der Waals surface area contributed by atoms with E-state index in [1.165, 1.54) is 32.1 Å². The van der Waals surface area contributed by atoms with Crippen molar-refractivity contribution in [3.8, 4) is 5.75 Å². The Hall–Kier alpha value is -3.52. The quantitative estimate of drug-likeness (QED) is 0.461. The number of rotatable bonds is 9. The molecule has 1 fully saturated rings. The Labute approximate surface area is 213 Å². The lowest BCUT2D eigenvalue weighted by molar-refractivity contribution is -0.119. The molecule has 0 spiro atoms. The number of carbonyl (C=O) groups is 1. The summed E-state index contributed by atoms with van der Waals surface area (Å²) < 4.78 is 33.5. The molecule has 36 heavy (non-hydrogen) atoms. The predicted octanol–water partition coefficient (Wildman–Crippen LogP) is 4.51. The van der Waals surface area contributed by atoms with Crippen molar-refractivity contribution < 1.29 is 17.9 Å². The molecule has 1 aliphatic heterocycles. The Kier molecular flexibility index (Phi) is 8.15. The van der Waals surface area contributed by atoms with Crippen LogP contribution in [0.25, 0.3) is 0 Å². The van der Waals surface area contributed by atoms with Crippen LogP contribution < -0.4 is 19.3 Å². The molecule has 1 amide bonds. The average molecular weight is 508 g/mol. The summed E-state index contributed by atoms with van der Waals surface area (Å²) in [5.41, 5.74) is 3.46. The van der Waals surface area contributed by atoms with Crippen LogP contribution in [-0.2, 0) is 21.4 Å². The smallest absolute Gasteiger partial charge is 0.264 e. The van der Waals surface area contributed by atoms with Crippen molar-refractivity contribution in [3.05, 3.63) is 83.9 Å². The number of piperidine rings is 1. The number of nitrogens with one attached hydrogen (secondary N) is 1. The van der Waals surface area contributed by atoms with Crippen molar-refractivity contribution in [1.82, 2.24) is 5.32 Å². The third-order valence-electron chi connectivity index (χ3n) is 6.38. The Balaban J connectivity index is 1.48. The molecule has 8 heteroatoms. The fourth-order valence-corrected chi connectivity index (χ4v) is 5.69. The van der Waals surface area contributed by atoms with Crippen LogP contribution >= 0.6 is 0 Å². The maximum Gasteiger partial charge on any atom is 0.264 e. The Morgan fingerprint density at radius 2 is 1.67 bits per heavy atom. The molecule has 0 radical (unpaired) electrons. The zero-order chi connectivity index (χ0) is 25.5. The summed E-state index contributed by atoms with van der Waals surface area (Å²) in [6.45, 7) is 4.00. The van der Waals surface area contributed by atoms with E-state index in [9.17, 15) is 13.2 Å². The van der Waals surface area contributed by atoms with Crippen molar-refractivity contribution in [3.63, 3.8) is 0 Å². The second kappa shape index (κ2) is 11.5. The highest BCUT2D eigenvalue weighted by Gasteiger charge is 2.27. The standard InChI is InChI=1S/C28H33N3O4S/c1-22-9-15-27(16-10-22)36(33,34)31(25-7-6-8-26(19-25)35-2)21-28(32)29-20-23-11-13-24(14-12-23)30-17-4-3-5-18-30/h6-16,19H,3-5,17-18,20-21H2,1-2H3,(H,29,32). The third-order valence-corrected chi connectivity index (χ3v) is 8.17. The molecule has 0 aromatic heterocycles. The summed E-state index contributed by atoms with van der Waals surface area (Å²) in [6, 6.07) is 21.5. The molecule has 0 bridgehead atoms. The predicted molar refractivity (Wildman–Crippen MR) is 143 cm³/mol. The number of benzene rings is 3. The van der Waals surface area contributed by atoms with Crippen LogP contribution in [-0.4, -0.2) is 41.1 Å². The molecule has 7 nitrogen and oxygen atoms in total. The number of amides is 1. The maximum absolute atomic E-state index is 13.5. The molecular weight excluding hydrogens is 474 g/mol. The number of methoxy groups -OCH3 is 1. The zero-order valence-corrected chi connectivity index (χ0v) is 21.6. The molecule has 190 valence electrons. The lowest BCUT2D eigenvalue weighted by atomic mass is 10.1. The van der Waals surface area contributed by atoms with Crippen LogP contribution in [0.3, 0.4) is 0 Å². The molecule has 1 saturated heterocycles. The van der Waals surface area contributed by atoms with Gasteiger partial charge in [0.25, 0.3) is 10.0 Å². The van der Waals surface area contributed by atoms with Gasteiger partial charge in [-0.2, -0.15) is 0 Å². The van der Waals surface area contributed by atoms with E-state index < -0.39 is 15.9 Å². The number of hydrogen-bond acceptors (Lipinski definition) is 5. The second-order valence-corrected chi connectivity index (χ2v) is 10.9. The molecule has 0 saturated carbocycles. The number of sulfonamides is 1. The molecule has 0 aliphatic carbocycles. The fraction of sp³-hybridized carbons (Fsp3) is 0.321. The van der Waals surface area contributed by atoms with Gasteiger partial charge in [-0.05, 0) is 68.1 Å². The summed E-state index contributed by atoms with van der Waals surface area (Å²) in [4.78, 5) is 15.4. The number of aryl methyl sites for hydroxylation is 1. The van der Waals surface area contributed by atoms with Crippen LogP contribution in [0.4, 0.5) is 11.4 Å². The SMILES string of the molecule is COc1cccc(N(CC(=O)NCc2ccc(N3CCCCC3)cc2)S(=O)(=O)c2ccc(C)cc2)c1. The van der Waals surface area contributed by atoms with Gasteiger partial charge in [-0.25, -0.2) is 8.42 Å². The topological polar surface area (TPSA) is 79.0 Å². The van der Waals surface area contributed by atoms with E-state index in [-0.39, 0.29) is 11.4 Å². The van der Waals surface area contributed by atoms with Crippen molar-refractivity contribution in [2.75, 3.05) is 35.9 Å². The molecule has 1 N–H and O–H groups in total. The van der Waals surface area contributed by atoms with Gasteiger partial charge in [0.1, 0.15) is 12.3 Å². The first-order valence-corrected chi connectivity index (χ1v) is 13.6. The van der Waals surface area contributed by atoms with Crippen molar-refractivity contribution in [2.45, 2.75) is 37.6 Å². The van der Waals surface area contributed by atoms with Gasteiger partial charge in [0.05, 0.1) is 17.7 Å². The molecule has 1 heterocycles. The van der Waals surface area contributed by atoms with Gasteiger partial charge >= 0.3 is 0 Å². The molecule has 0 unspecified atom stereocenters. The summed E-state index contributed by atoms with van der Waals surface area (Å²) in [5, 5.41) is 2.87. The minimum Gasteiger partial charge on any atom is -0.497 e. The average Bonchev–Trinajstić information content (AvgIpc) is 2.91. The van der Waals surface area contributed by atoms with Gasteiger partial charge < -0.3 is 15.0 Å². The number of ether oxygens (including phenoxy) is 1. The van der Waals surface area contributed by atoms with Crippen molar-refractivity contribution in [2.24, 2.45) is 0 Å². The Morgan fingerprint density at radius 3 is 2.33 bits per heavy atom. The maximum atomic E-state index is 13.5. The highest BCUT2D eigenvalue weighted by atomic mass is 32.2. The van der Waals surface area contributed by atoms with Crippen LogP contribution in [0.15, 0.2) is 77.7 Å². The normalized spacial score (nSPS) is 13.8. The summed E-state index contributed by atoms with van der Waals surface area (Å²) in [7, 11) is -2.47. The molecular formula is C28H33N3O4S. The van der Waals surface area contributed by atoms with E-state index in [0.29, 0.717) is 18.0 Å². The van der Waals surface area contributed by atoms with Crippen molar-refractivity contribution in [1.29, 1.82) is 0 Å². The Bertz CT molecular complexity index is 1270. The first-order valence-electron chi connectivity index (χ1n) is 12.2. The zero-order valence-electron chi connectivity index (χ0n) is 20.8. The molecule has 0 atom stereocenters. The number of carbonyl (C=O) groups excluding carboxylic acids is 1. The van der Waals surface area contributed by atoms with Crippen LogP contribution in [0, 0.1) is 6.92 Å². The van der Waals surface area contributed by atoms with E-state index in [4.69, 9.17) is 4.74 Å². The molecule has 1 aliphatic rings. The van der Waals surface area contributed by atoms with Gasteiger partial charge in [-0.15, -0.1) is 0 Å². The second-order valence-electron chi connectivity index (χ2n) is 9.02. The van der Waals surface area contributed by atoms with E-state index >= 15 is 0 Å². The van der Waals surface area contributed by atoms with Gasteiger partial charge in [0.2, 0.25) is 5.91 Å². The van der Waals surface area contributed by atoms with Crippen LogP contribution in [0.1, 0.15) is 30.4 Å². The largest absolute Gasteiger partial charge is 0.497 e. The monoisotopic (exact) mass is 507 g/mol. The minimum absolute atomic E-state index is 0.122. The first kappa shape index (κ1) is 25.6. The van der Waals surface area contributed by atoms with Gasteiger partial charge in [-0.1, -0.05) is 35.9 Å². The van der Waals surface area contributed by atoms with Crippen LogP contribution in [0.2, 0.25) is 0 Å². The van der Waals surface area contributed by atoms with E-state index in [0.717, 1.165) is 28.5 Å². The van der Waals surface area contributed by atoms with Gasteiger partial charge in [0, 0.05) is 31.4 Å². The lowest BCUT2D eigenvalue weighted by Gasteiger charge is -2.28. The number of anilines is 2. The van der Waals surface area contributed by atoms with Crippen molar-refractivity contribution >= 4 is 27.3 Å². The summed E-state index contributed by atoms with van der Waals surface area (Å²) in [6.07, 6.45) is 3.72. The van der Waals surface area contributed by atoms with E-state index in [1.807, 2.05) is 19.1 Å². The summed E-state index contributed by atoms with van der Waals surface area (Å²) >= 11 is 0. The van der Waals surface area contributed by atoms with Gasteiger partial charge in [-0.3, -0.25) is 9.10 Å². The van der Waals surface area contributed by atoms with E-state index in [2.05, 4.69) is 22.3 Å². The minimum atomic E-state index is -3.98. The van der Waals surface area contributed by atoms with E-state index in [1.54, 1.807) is 48.5 Å². The lowest BCUT2D eigenvalue weighted by Crippen LogP contribution is -2.40. The fourth-order valence-electron chi connectivity index (χ4n) is 4.28. The highest BCUT2D eigenvalue weighted by Crippen LogP contribution is 2.27. The summed E-state index contributed by atoms with van der Waals surface area (Å²) in [5.74, 6) is 0.111. The number of nitrogens with zero attached hydrogens (tertiary/aromatic N) is 2. The van der Waals surface area contributed by atoms with Gasteiger partial charge in [0.15, 0.2) is 0 Å². The number of hydrogen-bond donors (Lipinski definition) is 1. The van der Waals surface area contributed by atoms with Crippen LogP contribution in [0.5, 0.6) is 5.75 Å².